The molecule has 3 N–H and O–H groups in total. The Kier molecular flexibility index (Phi) is 5.52. The molecule has 0 aliphatic rings. The van der Waals surface area contributed by atoms with Gasteiger partial charge in [-0.15, -0.1) is 0 Å². The minimum Gasteiger partial charge on any atom is -0.356 e. The summed E-state index contributed by atoms with van der Waals surface area (Å²) in [6.07, 6.45) is 0. The summed E-state index contributed by atoms with van der Waals surface area (Å²) in [6, 6.07) is 22.5. The molecule has 0 saturated heterocycles. The van der Waals surface area contributed by atoms with Crippen LogP contribution in [0.15, 0.2) is 72.8 Å². The van der Waals surface area contributed by atoms with Gasteiger partial charge in [-0.25, -0.2) is 0 Å². The number of hydrogen-bond acceptors (Lipinski definition) is 3. The molecule has 136 valence electrons. The van der Waals surface area contributed by atoms with Crippen molar-refractivity contribution in [3.05, 3.63) is 83.9 Å². The summed E-state index contributed by atoms with van der Waals surface area (Å²) in [5.41, 5.74) is 5.19. The van der Waals surface area contributed by atoms with Gasteiger partial charge in [-0.05, 0) is 73.5 Å². The van der Waals surface area contributed by atoms with E-state index in [4.69, 9.17) is 0 Å². The molecule has 0 aliphatic heterocycles. The Morgan fingerprint density at radius 3 is 1.74 bits per heavy atom. The Labute approximate surface area is 158 Å². The highest BCUT2D eigenvalue weighted by atomic mass is 16.2. The van der Waals surface area contributed by atoms with Crippen molar-refractivity contribution in [1.82, 2.24) is 0 Å². The third-order valence-electron chi connectivity index (χ3n) is 4.18. The van der Waals surface area contributed by atoms with E-state index in [0.29, 0.717) is 11.4 Å². The van der Waals surface area contributed by atoms with E-state index in [1.54, 1.807) is 18.2 Å². The molecule has 5 nitrogen and oxygen atoms in total. The largest absolute Gasteiger partial charge is 0.356 e. The fraction of sp³-hybridized carbons (Fsp3) is 0.0909. The molecule has 0 heterocycles. The maximum absolute atomic E-state index is 12.1. The van der Waals surface area contributed by atoms with Crippen molar-refractivity contribution >= 4 is 34.6 Å². The fourth-order valence-electron chi connectivity index (χ4n) is 2.52. The van der Waals surface area contributed by atoms with Crippen LogP contribution in [0.3, 0.4) is 0 Å². The van der Waals surface area contributed by atoms with Crippen LogP contribution >= 0.6 is 0 Å². The molecule has 0 aromatic heterocycles. The van der Waals surface area contributed by atoms with Gasteiger partial charge in [0.15, 0.2) is 0 Å². The van der Waals surface area contributed by atoms with E-state index in [0.717, 1.165) is 22.5 Å². The van der Waals surface area contributed by atoms with E-state index < -0.39 is 11.8 Å². The Bertz CT molecular complexity index is 951. The van der Waals surface area contributed by atoms with Gasteiger partial charge in [0.25, 0.3) is 0 Å². The zero-order valence-electron chi connectivity index (χ0n) is 15.2. The van der Waals surface area contributed by atoms with Crippen molar-refractivity contribution in [3.63, 3.8) is 0 Å². The lowest BCUT2D eigenvalue weighted by molar-refractivity contribution is -0.132. The van der Waals surface area contributed by atoms with Crippen LogP contribution in [0.2, 0.25) is 0 Å². The minimum atomic E-state index is -0.711. The van der Waals surface area contributed by atoms with Crippen molar-refractivity contribution in [2.24, 2.45) is 0 Å². The lowest BCUT2D eigenvalue weighted by atomic mass is 10.1. The van der Waals surface area contributed by atoms with Gasteiger partial charge >= 0.3 is 11.8 Å². The van der Waals surface area contributed by atoms with Gasteiger partial charge in [0.1, 0.15) is 0 Å². The highest BCUT2D eigenvalue weighted by Crippen LogP contribution is 2.19. The number of para-hydroxylation sites is 1. The molecule has 0 atom stereocenters. The zero-order chi connectivity index (χ0) is 19.2. The minimum absolute atomic E-state index is 0.550. The molecule has 3 aromatic carbocycles. The molecule has 2 amide bonds. The predicted octanol–water partition coefficient (Wildman–Crippen LogP) is 4.62. The summed E-state index contributed by atoms with van der Waals surface area (Å²) >= 11 is 0. The van der Waals surface area contributed by atoms with Crippen LogP contribution in [0.5, 0.6) is 0 Å². The van der Waals surface area contributed by atoms with E-state index >= 15 is 0 Å². The number of benzene rings is 3. The summed E-state index contributed by atoms with van der Waals surface area (Å²) in [4.78, 5) is 24.2. The second-order valence-corrected chi connectivity index (χ2v) is 6.28. The smallest absolute Gasteiger partial charge is 0.314 e. The summed E-state index contributed by atoms with van der Waals surface area (Å²) in [7, 11) is 0. The third kappa shape index (κ3) is 4.95. The molecule has 0 fully saturated rings. The number of carbonyl (C=O) groups is 2. The van der Waals surface area contributed by atoms with Crippen molar-refractivity contribution in [2.75, 3.05) is 16.0 Å². The lowest BCUT2D eigenvalue weighted by Crippen LogP contribution is -2.29. The molecule has 0 aliphatic carbocycles. The highest BCUT2D eigenvalue weighted by molar-refractivity contribution is 6.43. The van der Waals surface area contributed by atoms with Gasteiger partial charge in [0, 0.05) is 22.7 Å². The van der Waals surface area contributed by atoms with Crippen LogP contribution in [-0.2, 0) is 9.59 Å². The van der Waals surface area contributed by atoms with Gasteiger partial charge in [0.2, 0.25) is 0 Å². The Hall–Kier alpha value is -3.60. The molecule has 5 heteroatoms. The third-order valence-corrected chi connectivity index (χ3v) is 4.18. The Morgan fingerprint density at radius 1 is 0.593 bits per heavy atom. The number of carbonyl (C=O) groups excluding carboxylic acids is 2. The van der Waals surface area contributed by atoms with Crippen LogP contribution in [0.25, 0.3) is 0 Å². The van der Waals surface area contributed by atoms with Crippen LogP contribution in [-0.4, -0.2) is 11.8 Å². The van der Waals surface area contributed by atoms with Crippen molar-refractivity contribution in [3.8, 4) is 0 Å². The van der Waals surface area contributed by atoms with Crippen LogP contribution in [0.1, 0.15) is 11.1 Å². The Morgan fingerprint density at radius 2 is 1.11 bits per heavy atom. The second-order valence-electron chi connectivity index (χ2n) is 6.28. The van der Waals surface area contributed by atoms with Gasteiger partial charge in [-0.1, -0.05) is 24.3 Å². The average molecular weight is 359 g/mol. The molecule has 0 radical (unpaired) electrons. The van der Waals surface area contributed by atoms with Crippen molar-refractivity contribution in [1.29, 1.82) is 0 Å². The predicted molar refractivity (Wildman–Crippen MR) is 109 cm³/mol. The zero-order valence-corrected chi connectivity index (χ0v) is 15.2. The molecule has 0 unspecified atom stereocenters. The summed E-state index contributed by atoms with van der Waals surface area (Å²) in [5.74, 6) is -1.42. The maximum Gasteiger partial charge on any atom is 0.314 e. The maximum atomic E-state index is 12.1. The highest BCUT2D eigenvalue weighted by Gasteiger charge is 2.14. The number of hydrogen-bond donors (Lipinski definition) is 3. The van der Waals surface area contributed by atoms with E-state index in [2.05, 4.69) is 16.0 Å². The first-order valence-corrected chi connectivity index (χ1v) is 8.63. The van der Waals surface area contributed by atoms with E-state index in [9.17, 15) is 9.59 Å². The fourth-order valence-corrected chi connectivity index (χ4v) is 2.52. The normalized spacial score (nSPS) is 10.1. The molecule has 27 heavy (non-hydrogen) atoms. The average Bonchev–Trinajstić information content (AvgIpc) is 2.67. The summed E-state index contributed by atoms with van der Waals surface area (Å²) < 4.78 is 0. The van der Waals surface area contributed by atoms with E-state index in [1.807, 2.05) is 68.4 Å². The summed E-state index contributed by atoms with van der Waals surface area (Å²) in [6.45, 7) is 3.94. The second kappa shape index (κ2) is 8.19. The van der Waals surface area contributed by atoms with Crippen LogP contribution in [0, 0.1) is 13.8 Å². The Balaban J connectivity index is 1.58. The van der Waals surface area contributed by atoms with Crippen molar-refractivity contribution < 1.29 is 9.59 Å². The monoisotopic (exact) mass is 359 g/mol. The molecule has 3 rings (SSSR count). The molecule has 3 aromatic rings. The van der Waals surface area contributed by atoms with Crippen molar-refractivity contribution in [2.45, 2.75) is 13.8 Å². The number of anilines is 4. The van der Waals surface area contributed by atoms with Gasteiger partial charge in [-0.3, -0.25) is 9.59 Å². The SMILES string of the molecule is Cc1ccc(NC(=O)C(=O)Nc2ccc(Nc3ccccc3)cc2)cc1C. The van der Waals surface area contributed by atoms with Gasteiger partial charge in [0.05, 0.1) is 0 Å². The number of aryl methyl sites for hydroxylation is 2. The number of amides is 2. The molecular weight excluding hydrogens is 338 g/mol. The first-order valence-electron chi connectivity index (χ1n) is 8.63. The molecule has 0 saturated carbocycles. The first kappa shape index (κ1) is 18.2. The quantitative estimate of drug-likeness (QED) is 0.595. The van der Waals surface area contributed by atoms with E-state index in [1.165, 1.54) is 0 Å². The van der Waals surface area contributed by atoms with E-state index in [-0.39, 0.29) is 0 Å². The van der Waals surface area contributed by atoms with Gasteiger partial charge in [-0.2, -0.15) is 0 Å². The van der Waals surface area contributed by atoms with Crippen LogP contribution in [0.4, 0.5) is 22.7 Å². The number of nitrogens with one attached hydrogen (secondary N) is 3. The standard InChI is InChI=1S/C22H21N3O2/c1-15-8-9-20(14-16(15)2)25-22(27)21(26)24-19-12-10-18(11-13-19)23-17-6-4-3-5-7-17/h3-14,23H,1-2H3,(H,24,26)(H,25,27). The van der Waals surface area contributed by atoms with Gasteiger partial charge < -0.3 is 16.0 Å². The topological polar surface area (TPSA) is 70.2 Å². The lowest BCUT2D eigenvalue weighted by Gasteiger charge is -2.10. The molecule has 0 spiro atoms. The molecule has 0 bridgehead atoms. The number of rotatable bonds is 4. The molecular formula is C22H21N3O2. The van der Waals surface area contributed by atoms with Crippen LogP contribution < -0.4 is 16.0 Å². The first-order chi connectivity index (χ1) is 13.0. The summed E-state index contributed by atoms with van der Waals surface area (Å²) in [5, 5.41) is 8.47.